The number of hydrogen-bond acceptors (Lipinski definition) is 1. The van der Waals surface area contributed by atoms with Crippen LogP contribution >= 0.6 is 0 Å². The molecule has 0 saturated carbocycles. The van der Waals surface area contributed by atoms with E-state index < -0.39 is 0 Å². The van der Waals surface area contributed by atoms with Gasteiger partial charge in [-0.05, 0) is 38.5 Å². The van der Waals surface area contributed by atoms with E-state index in [1.807, 2.05) is 0 Å². The number of rotatable bonds is 9. The third kappa shape index (κ3) is 4.80. The standard InChI is InChI=1S/C13H24O/c1-2-3-8-12-11-13(12)9-6-4-5-7-10-14/h14H,2-11H2,1H3. The average Bonchev–Trinajstić information content (AvgIpc) is 2.93. The first-order valence-corrected chi connectivity index (χ1v) is 6.19. The molecule has 1 aliphatic rings. The molecule has 1 N–H and O–H groups in total. The Kier molecular flexibility index (Phi) is 5.93. The summed E-state index contributed by atoms with van der Waals surface area (Å²) >= 11 is 0. The molecule has 0 radical (unpaired) electrons. The van der Waals surface area contributed by atoms with Crippen molar-refractivity contribution in [1.29, 1.82) is 0 Å². The van der Waals surface area contributed by atoms with Gasteiger partial charge in [0, 0.05) is 6.61 Å². The van der Waals surface area contributed by atoms with Gasteiger partial charge in [0.1, 0.15) is 0 Å². The van der Waals surface area contributed by atoms with Crippen molar-refractivity contribution < 1.29 is 5.11 Å². The van der Waals surface area contributed by atoms with Crippen LogP contribution in [0.5, 0.6) is 0 Å². The largest absolute Gasteiger partial charge is 0.396 e. The highest BCUT2D eigenvalue weighted by Gasteiger charge is 2.18. The van der Waals surface area contributed by atoms with Gasteiger partial charge in [-0.25, -0.2) is 0 Å². The lowest BCUT2D eigenvalue weighted by atomic mass is 10.1. The summed E-state index contributed by atoms with van der Waals surface area (Å²) in [4.78, 5) is 0. The van der Waals surface area contributed by atoms with Gasteiger partial charge in [-0.3, -0.25) is 0 Å². The van der Waals surface area contributed by atoms with Crippen molar-refractivity contribution in [2.45, 2.75) is 64.7 Å². The van der Waals surface area contributed by atoms with Crippen molar-refractivity contribution in [1.82, 2.24) is 0 Å². The van der Waals surface area contributed by atoms with Crippen LogP contribution in [-0.4, -0.2) is 11.7 Å². The van der Waals surface area contributed by atoms with E-state index in [-0.39, 0.29) is 0 Å². The number of hydrogen-bond donors (Lipinski definition) is 1. The first kappa shape index (κ1) is 11.8. The van der Waals surface area contributed by atoms with Crippen LogP contribution in [-0.2, 0) is 0 Å². The van der Waals surface area contributed by atoms with E-state index in [2.05, 4.69) is 6.92 Å². The van der Waals surface area contributed by atoms with Gasteiger partial charge in [-0.15, -0.1) is 0 Å². The molecule has 0 unspecified atom stereocenters. The maximum absolute atomic E-state index is 8.62. The first-order chi connectivity index (χ1) is 6.88. The molecule has 0 amide bonds. The molecular weight excluding hydrogens is 172 g/mol. The molecule has 82 valence electrons. The Labute approximate surface area is 88.2 Å². The number of unbranched alkanes of at least 4 members (excludes halogenated alkanes) is 4. The zero-order chi connectivity index (χ0) is 10.2. The van der Waals surface area contributed by atoms with Gasteiger partial charge >= 0.3 is 0 Å². The monoisotopic (exact) mass is 196 g/mol. The van der Waals surface area contributed by atoms with Crippen molar-refractivity contribution in [3.63, 3.8) is 0 Å². The maximum atomic E-state index is 8.62. The second kappa shape index (κ2) is 7.05. The molecule has 0 aliphatic heterocycles. The van der Waals surface area contributed by atoms with Gasteiger partial charge < -0.3 is 5.11 Å². The third-order valence-corrected chi connectivity index (χ3v) is 3.02. The number of aliphatic hydroxyl groups excluding tert-OH is 1. The fourth-order valence-electron chi connectivity index (χ4n) is 1.94. The normalized spacial score (nSPS) is 15.0. The van der Waals surface area contributed by atoms with Crippen LogP contribution in [0.3, 0.4) is 0 Å². The van der Waals surface area contributed by atoms with E-state index >= 15 is 0 Å². The summed E-state index contributed by atoms with van der Waals surface area (Å²) in [6.45, 7) is 2.63. The lowest BCUT2D eigenvalue weighted by Gasteiger charge is -1.96. The highest BCUT2D eigenvalue weighted by Crippen LogP contribution is 2.38. The van der Waals surface area contributed by atoms with Crippen molar-refractivity contribution in [3.8, 4) is 0 Å². The lowest BCUT2D eigenvalue weighted by molar-refractivity contribution is 0.282. The van der Waals surface area contributed by atoms with Gasteiger partial charge in [-0.2, -0.15) is 0 Å². The lowest BCUT2D eigenvalue weighted by Crippen LogP contribution is -1.82. The summed E-state index contributed by atoms with van der Waals surface area (Å²) in [5.74, 6) is 0. The van der Waals surface area contributed by atoms with Gasteiger partial charge in [0.25, 0.3) is 0 Å². The Bertz CT molecular complexity index is 182. The fourth-order valence-corrected chi connectivity index (χ4v) is 1.94. The van der Waals surface area contributed by atoms with Crippen molar-refractivity contribution >= 4 is 0 Å². The predicted octanol–water partition coefficient (Wildman–Crippen LogP) is 3.82. The molecule has 0 aromatic rings. The van der Waals surface area contributed by atoms with Crippen LogP contribution in [0.15, 0.2) is 11.1 Å². The van der Waals surface area contributed by atoms with Crippen molar-refractivity contribution in [3.05, 3.63) is 11.1 Å². The van der Waals surface area contributed by atoms with Crippen LogP contribution in [0, 0.1) is 0 Å². The van der Waals surface area contributed by atoms with E-state index in [9.17, 15) is 0 Å². The maximum Gasteiger partial charge on any atom is 0.0431 e. The molecule has 1 rings (SSSR count). The molecule has 0 aromatic carbocycles. The minimum atomic E-state index is 0.366. The van der Waals surface area contributed by atoms with Crippen molar-refractivity contribution in [2.24, 2.45) is 0 Å². The second-order valence-corrected chi connectivity index (χ2v) is 4.38. The Hall–Kier alpha value is -0.300. The predicted molar refractivity (Wildman–Crippen MR) is 61.3 cm³/mol. The van der Waals surface area contributed by atoms with Crippen molar-refractivity contribution in [2.75, 3.05) is 6.61 Å². The summed E-state index contributed by atoms with van der Waals surface area (Å²) in [6.07, 6.45) is 11.6. The first-order valence-electron chi connectivity index (χ1n) is 6.19. The Morgan fingerprint density at radius 1 is 0.929 bits per heavy atom. The Morgan fingerprint density at radius 2 is 1.57 bits per heavy atom. The molecular formula is C13H24O. The van der Waals surface area contributed by atoms with E-state index in [0.29, 0.717) is 6.61 Å². The molecule has 0 atom stereocenters. The molecule has 1 heteroatoms. The zero-order valence-electron chi connectivity index (χ0n) is 9.52. The Balaban J connectivity index is 1.91. The molecule has 0 saturated heterocycles. The summed E-state index contributed by atoms with van der Waals surface area (Å²) in [5.41, 5.74) is 3.51. The number of aliphatic hydroxyl groups is 1. The van der Waals surface area contributed by atoms with E-state index in [4.69, 9.17) is 5.11 Å². The minimum absolute atomic E-state index is 0.366. The molecule has 0 heterocycles. The van der Waals surface area contributed by atoms with Crippen LogP contribution in [0.25, 0.3) is 0 Å². The quantitative estimate of drug-likeness (QED) is 0.439. The van der Waals surface area contributed by atoms with Crippen LogP contribution in [0.2, 0.25) is 0 Å². The Morgan fingerprint density at radius 3 is 2.21 bits per heavy atom. The summed E-state index contributed by atoms with van der Waals surface area (Å²) in [5, 5.41) is 8.62. The molecule has 0 bridgehead atoms. The topological polar surface area (TPSA) is 20.2 Å². The van der Waals surface area contributed by atoms with Gasteiger partial charge in [0.2, 0.25) is 0 Å². The highest BCUT2D eigenvalue weighted by atomic mass is 16.2. The summed E-state index contributed by atoms with van der Waals surface area (Å²) in [6, 6.07) is 0. The van der Waals surface area contributed by atoms with Gasteiger partial charge in [0.05, 0.1) is 0 Å². The SMILES string of the molecule is CCCCC1=C(CCCCCCO)C1. The third-order valence-electron chi connectivity index (χ3n) is 3.02. The average molecular weight is 196 g/mol. The molecule has 1 nitrogen and oxygen atoms in total. The molecule has 0 spiro atoms. The van der Waals surface area contributed by atoms with Gasteiger partial charge in [-0.1, -0.05) is 37.3 Å². The molecule has 1 aliphatic carbocycles. The van der Waals surface area contributed by atoms with Crippen LogP contribution in [0.1, 0.15) is 64.7 Å². The van der Waals surface area contributed by atoms with E-state index in [1.54, 1.807) is 11.1 Å². The van der Waals surface area contributed by atoms with E-state index in [0.717, 1.165) is 6.42 Å². The molecule has 0 aromatic heterocycles. The smallest absolute Gasteiger partial charge is 0.0431 e. The summed E-state index contributed by atoms with van der Waals surface area (Å²) in [7, 11) is 0. The molecule has 14 heavy (non-hydrogen) atoms. The molecule has 0 fully saturated rings. The highest BCUT2D eigenvalue weighted by molar-refractivity contribution is 5.34. The van der Waals surface area contributed by atoms with Gasteiger partial charge in [0.15, 0.2) is 0 Å². The summed E-state index contributed by atoms with van der Waals surface area (Å²) < 4.78 is 0. The van der Waals surface area contributed by atoms with Crippen LogP contribution < -0.4 is 0 Å². The minimum Gasteiger partial charge on any atom is -0.396 e. The fraction of sp³-hybridized carbons (Fsp3) is 0.846. The van der Waals surface area contributed by atoms with E-state index in [1.165, 1.54) is 51.4 Å². The second-order valence-electron chi connectivity index (χ2n) is 4.38. The number of allylic oxidation sites excluding steroid dienone is 2. The zero-order valence-corrected chi connectivity index (χ0v) is 9.52. The van der Waals surface area contributed by atoms with Crippen LogP contribution in [0.4, 0.5) is 0 Å².